The highest BCUT2D eigenvalue weighted by atomic mass is 127. The van der Waals surface area contributed by atoms with Gasteiger partial charge >= 0.3 is 0 Å². The predicted octanol–water partition coefficient (Wildman–Crippen LogP) is 3.19. The molecule has 0 saturated carbocycles. The Morgan fingerprint density at radius 3 is 2.55 bits per heavy atom. The summed E-state index contributed by atoms with van der Waals surface area (Å²) < 4.78 is 7.43. The maximum Gasteiger partial charge on any atom is 0.241 e. The Labute approximate surface area is 212 Å². The molecule has 1 amide bonds. The molecule has 0 spiro atoms. The van der Waals surface area contributed by atoms with Crippen LogP contribution in [0.2, 0.25) is 0 Å². The van der Waals surface area contributed by atoms with Crippen molar-refractivity contribution in [2.75, 3.05) is 34.3 Å². The molecule has 33 heavy (non-hydrogen) atoms. The van der Waals surface area contributed by atoms with Crippen LogP contribution >= 0.6 is 24.0 Å². The number of ether oxygens (including phenoxy) is 1. The summed E-state index contributed by atoms with van der Waals surface area (Å²) in [6.07, 6.45) is 0.895. The van der Waals surface area contributed by atoms with Gasteiger partial charge in [0.1, 0.15) is 11.6 Å². The highest BCUT2D eigenvalue weighted by Gasteiger charge is 2.08. The number of aromatic nitrogens is 2. The van der Waals surface area contributed by atoms with Crippen molar-refractivity contribution in [1.82, 2.24) is 25.1 Å². The molecule has 1 heterocycles. The number of amides is 1. The molecule has 0 radical (unpaired) electrons. The maximum absolute atomic E-state index is 12.0. The number of methoxy groups -OCH3 is 1. The normalized spacial score (nSPS) is 11.1. The Balaban J connectivity index is 0.00000385. The number of hydrogen-bond donors (Lipinski definition) is 2. The minimum absolute atomic E-state index is 0. The maximum atomic E-state index is 12.0. The molecule has 9 heteroatoms. The Bertz CT molecular complexity index is 1060. The van der Waals surface area contributed by atoms with E-state index in [1.165, 1.54) is 0 Å². The summed E-state index contributed by atoms with van der Waals surface area (Å²) in [6, 6.07) is 16.0. The molecule has 0 unspecified atom stereocenters. The fourth-order valence-corrected chi connectivity index (χ4v) is 3.32. The number of imidazole rings is 1. The summed E-state index contributed by atoms with van der Waals surface area (Å²) in [5.41, 5.74) is 3.23. The first-order chi connectivity index (χ1) is 15.5. The lowest BCUT2D eigenvalue weighted by atomic mass is 10.2. The smallest absolute Gasteiger partial charge is 0.241 e. The van der Waals surface area contributed by atoms with Crippen LogP contribution in [0.5, 0.6) is 5.75 Å². The van der Waals surface area contributed by atoms with Gasteiger partial charge in [0, 0.05) is 27.2 Å². The van der Waals surface area contributed by atoms with Gasteiger partial charge < -0.3 is 24.8 Å². The number of nitrogens with zero attached hydrogens (tertiary/aromatic N) is 4. The van der Waals surface area contributed by atoms with E-state index in [1.807, 2.05) is 49.4 Å². The molecule has 8 nitrogen and oxygen atoms in total. The fourth-order valence-electron chi connectivity index (χ4n) is 3.32. The van der Waals surface area contributed by atoms with Gasteiger partial charge in [-0.3, -0.25) is 4.79 Å². The van der Waals surface area contributed by atoms with Crippen molar-refractivity contribution < 1.29 is 9.53 Å². The molecule has 2 N–H and O–H groups in total. The van der Waals surface area contributed by atoms with Crippen LogP contribution in [0.4, 0.5) is 0 Å². The third-order valence-corrected chi connectivity index (χ3v) is 5.18. The molecule has 0 atom stereocenters. The first-order valence-electron chi connectivity index (χ1n) is 10.7. The van der Waals surface area contributed by atoms with Gasteiger partial charge in [0.15, 0.2) is 5.96 Å². The number of halogens is 1. The monoisotopic (exact) mass is 564 g/mol. The van der Waals surface area contributed by atoms with Crippen LogP contribution < -0.4 is 15.4 Å². The van der Waals surface area contributed by atoms with Crippen LogP contribution in [0.25, 0.3) is 11.0 Å². The van der Waals surface area contributed by atoms with Gasteiger partial charge in [-0.25, -0.2) is 9.98 Å². The van der Waals surface area contributed by atoms with Gasteiger partial charge in [-0.2, -0.15) is 0 Å². The molecule has 0 bridgehead atoms. The molecule has 2 aromatic carbocycles. The number of carbonyl (C=O) groups excluding carboxylic acids is 1. The number of aliphatic imine (C=N–C) groups is 1. The van der Waals surface area contributed by atoms with Crippen molar-refractivity contribution in [1.29, 1.82) is 0 Å². The van der Waals surface area contributed by atoms with Crippen molar-refractivity contribution in [3.8, 4) is 5.75 Å². The number of nitrogens with one attached hydrogen (secondary N) is 2. The second kappa shape index (κ2) is 13.0. The molecule has 3 aromatic rings. The SMILES string of the molecule is COc1ccc(CN=C(NCCCn2c(C)nc3ccccc32)NCC(=O)N(C)C)cc1.I. The van der Waals surface area contributed by atoms with Crippen LogP contribution in [-0.4, -0.2) is 60.6 Å². The topological polar surface area (TPSA) is 83.8 Å². The number of carbonyl (C=O) groups is 1. The summed E-state index contributed by atoms with van der Waals surface area (Å²) in [5, 5.41) is 6.48. The van der Waals surface area contributed by atoms with E-state index in [-0.39, 0.29) is 36.4 Å². The van der Waals surface area contributed by atoms with E-state index < -0.39 is 0 Å². The predicted molar refractivity (Wildman–Crippen MR) is 143 cm³/mol. The van der Waals surface area contributed by atoms with Gasteiger partial charge in [-0.15, -0.1) is 24.0 Å². The van der Waals surface area contributed by atoms with Crippen molar-refractivity contribution in [3.05, 3.63) is 59.9 Å². The van der Waals surface area contributed by atoms with Crippen LogP contribution in [0, 0.1) is 6.92 Å². The lowest BCUT2D eigenvalue weighted by molar-refractivity contribution is -0.127. The highest BCUT2D eigenvalue weighted by Crippen LogP contribution is 2.15. The van der Waals surface area contributed by atoms with Crippen molar-refractivity contribution in [2.24, 2.45) is 4.99 Å². The molecule has 178 valence electrons. The van der Waals surface area contributed by atoms with Crippen molar-refractivity contribution in [2.45, 2.75) is 26.4 Å². The zero-order chi connectivity index (χ0) is 22.9. The molecule has 0 aliphatic carbocycles. The number of aryl methyl sites for hydroxylation is 2. The quantitative estimate of drug-likeness (QED) is 0.181. The molecular formula is C24H33IN6O2. The average Bonchev–Trinajstić information content (AvgIpc) is 3.12. The Morgan fingerprint density at radius 1 is 1.12 bits per heavy atom. The Hall–Kier alpha value is -2.82. The van der Waals surface area contributed by atoms with Crippen LogP contribution in [0.3, 0.4) is 0 Å². The average molecular weight is 564 g/mol. The van der Waals surface area contributed by atoms with Crippen molar-refractivity contribution >= 4 is 46.9 Å². The first kappa shape index (κ1) is 26.4. The number of rotatable bonds is 9. The third-order valence-electron chi connectivity index (χ3n) is 5.18. The van der Waals surface area contributed by atoms with Crippen LogP contribution in [0.15, 0.2) is 53.5 Å². The summed E-state index contributed by atoms with van der Waals surface area (Å²) in [5.74, 6) is 2.43. The van der Waals surface area contributed by atoms with E-state index in [0.29, 0.717) is 12.5 Å². The number of guanidine groups is 1. The highest BCUT2D eigenvalue weighted by molar-refractivity contribution is 14.0. The molecule has 0 saturated heterocycles. The summed E-state index contributed by atoms with van der Waals surface area (Å²) in [6.45, 7) is 4.29. The minimum atomic E-state index is -0.00976. The third kappa shape index (κ3) is 7.62. The van der Waals surface area contributed by atoms with Crippen LogP contribution in [0.1, 0.15) is 17.8 Å². The lowest BCUT2D eigenvalue weighted by Gasteiger charge is -2.15. The van der Waals surface area contributed by atoms with E-state index >= 15 is 0 Å². The van der Waals surface area contributed by atoms with E-state index in [9.17, 15) is 4.79 Å². The molecule has 1 aromatic heterocycles. The fraction of sp³-hybridized carbons (Fsp3) is 0.375. The lowest BCUT2D eigenvalue weighted by Crippen LogP contribution is -2.43. The number of benzene rings is 2. The molecular weight excluding hydrogens is 531 g/mol. The Kier molecular flexibility index (Phi) is 10.4. The van der Waals surface area contributed by atoms with Gasteiger partial charge in [-0.1, -0.05) is 24.3 Å². The van der Waals surface area contributed by atoms with Gasteiger partial charge in [0.25, 0.3) is 0 Å². The van der Waals surface area contributed by atoms with Crippen molar-refractivity contribution in [3.63, 3.8) is 0 Å². The summed E-state index contributed by atoms with van der Waals surface area (Å²) in [7, 11) is 5.13. The first-order valence-corrected chi connectivity index (χ1v) is 10.7. The van der Waals surface area contributed by atoms with Gasteiger partial charge in [0.05, 0.1) is 31.2 Å². The zero-order valence-electron chi connectivity index (χ0n) is 19.7. The number of likely N-dealkylation sites (N-methyl/N-ethyl adjacent to an activating group) is 1. The van der Waals surface area contributed by atoms with E-state index in [0.717, 1.165) is 47.7 Å². The molecule has 0 fully saturated rings. The summed E-state index contributed by atoms with van der Waals surface area (Å²) in [4.78, 5) is 22.8. The molecule has 3 rings (SSSR count). The number of para-hydroxylation sites is 2. The second-order valence-corrected chi connectivity index (χ2v) is 7.73. The second-order valence-electron chi connectivity index (χ2n) is 7.73. The summed E-state index contributed by atoms with van der Waals surface area (Å²) >= 11 is 0. The number of fused-ring (bicyclic) bond motifs is 1. The standard InChI is InChI=1S/C24H32N6O2.HI/c1-18-28-21-8-5-6-9-22(21)30(18)15-7-14-25-24(27-17-23(31)29(2)3)26-16-19-10-12-20(32-4)13-11-19;/h5-6,8-13H,7,14-17H2,1-4H3,(H2,25,26,27);1H. The van der Waals surface area contributed by atoms with Gasteiger partial charge in [-0.05, 0) is 43.2 Å². The largest absolute Gasteiger partial charge is 0.497 e. The Morgan fingerprint density at radius 2 is 1.85 bits per heavy atom. The molecule has 0 aliphatic heterocycles. The van der Waals surface area contributed by atoms with Gasteiger partial charge in [0.2, 0.25) is 5.91 Å². The zero-order valence-corrected chi connectivity index (χ0v) is 22.0. The van der Waals surface area contributed by atoms with Crippen LogP contribution in [-0.2, 0) is 17.9 Å². The van der Waals surface area contributed by atoms with E-state index in [4.69, 9.17) is 4.74 Å². The molecule has 0 aliphatic rings. The van der Waals surface area contributed by atoms with E-state index in [1.54, 1.807) is 26.1 Å². The van der Waals surface area contributed by atoms with E-state index in [2.05, 4.69) is 31.2 Å². The number of hydrogen-bond acceptors (Lipinski definition) is 4. The minimum Gasteiger partial charge on any atom is -0.497 e.